The Hall–Kier alpha value is -1.94. The number of ether oxygens (including phenoxy) is 4. The van der Waals surface area contributed by atoms with Gasteiger partial charge in [0.1, 0.15) is 19.3 Å². The third-order valence-electron chi connectivity index (χ3n) is 20.7. The Balaban J connectivity index is 5.20. The first kappa shape index (κ1) is 102. The van der Waals surface area contributed by atoms with Gasteiger partial charge in [-0.3, -0.25) is 37.3 Å². The number of aliphatic hydroxyl groups excluding tert-OH is 1. The van der Waals surface area contributed by atoms with Crippen LogP contribution >= 0.6 is 15.6 Å². The van der Waals surface area contributed by atoms with E-state index in [-0.39, 0.29) is 25.7 Å². The number of unbranched alkanes of at least 4 members (excludes halogenated alkanes) is 52. The van der Waals surface area contributed by atoms with E-state index in [1.165, 1.54) is 263 Å². The van der Waals surface area contributed by atoms with Crippen LogP contribution in [-0.2, 0) is 65.4 Å². The van der Waals surface area contributed by atoms with Crippen LogP contribution in [0, 0.1) is 11.8 Å². The van der Waals surface area contributed by atoms with Crippen molar-refractivity contribution < 1.29 is 80.2 Å². The number of hydrogen-bond donors (Lipinski definition) is 3. The number of aliphatic hydroxyl groups is 1. The Morgan fingerprint density at radius 1 is 0.269 bits per heavy atom. The lowest BCUT2D eigenvalue weighted by molar-refractivity contribution is -0.161. The minimum Gasteiger partial charge on any atom is -0.462 e. The van der Waals surface area contributed by atoms with Gasteiger partial charge < -0.3 is 33.8 Å². The Bertz CT molecular complexity index is 2000. The van der Waals surface area contributed by atoms with Gasteiger partial charge in [0.2, 0.25) is 0 Å². The first-order chi connectivity index (χ1) is 50.4. The summed E-state index contributed by atoms with van der Waals surface area (Å²) in [7, 11) is -9.92. The van der Waals surface area contributed by atoms with Gasteiger partial charge in [-0.1, -0.05) is 401 Å². The first-order valence-corrected chi connectivity index (χ1v) is 47.1. The van der Waals surface area contributed by atoms with Gasteiger partial charge in [0.25, 0.3) is 0 Å². The number of hydrogen-bond acceptors (Lipinski definition) is 15. The van der Waals surface area contributed by atoms with Gasteiger partial charge in [-0.15, -0.1) is 0 Å². The molecule has 0 radical (unpaired) electrons. The second-order valence-electron chi connectivity index (χ2n) is 31.1. The summed E-state index contributed by atoms with van der Waals surface area (Å²) in [5.74, 6) is -0.410. The highest BCUT2D eigenvalue weighted by atomic mass is 31.2. The normalized spacial score (nSPS) is 14.4. The highest BCUT2D eigenvalue weighted by Gasteiger charge is 2.30. The summed E-state index contributed by atoms with van der Waals surface area (Å²) < 4.78 is 68.8. The van der Waals surface area contributed by atoms with Crippen LogP contribution in [0.3, 0.4) is 0 Å². The Labute approximate surface area is 638 Å². The molecule has 0 spiro atoms. The topological polar surface area (TPSA) is 237 Å². The van der Waals surface area contributed by atoms with Gasteiger partial charge in [-0.25, -0.2) is 9.13 Å². The molecule has 0 aliphatic rings. The van der Waals surface area contributed by atoms with Crippen molar-refractivity contribution in [1.82, 2.24) is 0 Å². The van der Waals surface area contributed by atoms with E-state index in [9.17, 15) is 43.2 Å². The molecule has 3 N–H and O–H groups in total. The third kappa shape index (κ3) is 75.5. The van der Waals surface area contributed by atoms with Crippen LogP contribution < -0.4 is 0 Å². The van der Waals surface area contributed by atoms with Gasteiger partial charge in [0, 0.05) is 25.7 Å². The molecule has 104 heavy (non-hydrogen) atoms. The molecule has 19 heteroatoms. The van der Waals surface area contributed by atoms with Gasteiger partial charge in [-0.05, 0) is 37.5 Å². The lowest BCUT2D eigenvalue weighted by atomic mass is 9.99. The Morgan fingerprint density at radius 2 is 0.462 bits per heavy atom. The first-order valence-electron chi connectivity index (χ1n) is 44.1. The van der Waals surface area contributed by atoms with Crippen LogP contribution in [0.2, 0.25) is 0 Å². The van der Waals surface area contributed by atoms with E-state index in [2.05, 4.69) is 41.5 Å². The summed E-state index contributed by atoms with van der Waals surface area (Å²) in [4.78, 5) is 73.1. The molecular formula is C85H166O17P2. The number of phosphoric acid groups is 2. The molecule has 0 saturated carbocycles. The van der Waals surface area contributed by atoms with E-state index in [0.717, 1.165) is 108 Å². The van der Waals surface area contributed by atoms with Crippen molar-refractivity contribution in [3.63, 3.8) is 0 Å². The summed E-state index contributed by atoms with van der Waals surface area (Å²) in [6.45, 7) is 9.75. The maximum atomic E-state index is 13.1. The molecule has 0 aromatic carbocycles. The number of carbonyl (C=O) groups is 4. The van der Waals surface area contributed by atoms with E-state index < -0.39 is 97.5 Å². The zero-order valence-corrected chi connectivity index (χ0v) is 70.1. The van der Waals surface area contributed by atoms with Crippen molar-refractivity contribution >= 4 is 39.5 Å². The zero-order chi connectivity index (χ0) is 76.4. The lowest BCUT2D eigenvalue weighted by Crippen LogP contribution is -2.30. The fraction of sp³-hybridized carbons (Fsp3) is 0.953. The van der Waals surface area contributed by atoms with Gasteiger partial charge in [-0.2, -0.15) is 0 Å². The van der Waals surface area contributed by atoms with Crippen molar-refractivity contribution in [3.8, 4) is 0 Å². The largest absolute Gasteiger partial charge is 0.472 e. The van der Waals surface area contributed by atoms with E-state index in [1.54, 1.807) is 0 Å². The lowest BCUT2D eigenvalue weighted by Gasteiger charge is -2.21. The number of carbonyl (C=O) groups excluding carboxylic acids is 4. The van der Waals surface area contributed by atoms with E-state index >= 15 is 0 Å². The van der Waals surface area contributed by atoms with Gasteiger partial charge in [0.05, 0.1) is 26.4 Å². The molecule has 4 unspecified atom stereocenters. The molecule has 0 bridgehead atoms. The molecule has 0 saturated heterocycles. The summed E-state index contributed by atoms with van der Waals surface area (Å²) in [6, 6.07) is 0. The summed E-state index contributed by atoms with van der Waals surface area (Å²) >= 11 is 0. The predicted molar refractivity (Wildman–Crippen MR) is 428 cm³/mol. The highest BCUT2D eigenvalue weighted by molar-refractivity contribution is 7.47. The van der Waals surface area contributed by atoms with Crippen LogP contribution in [0.25, 0.3) is 0 Å². The van der Waals surface area contributed by atoms with Crippen LogP contribution in [0.1, 0.15) is 452 Å². The van der Waals surface area contributed by atoms with Gasteiger partial charge in [0.15, 0.2) is 12.2 Å². The minimum absolute atomic E-state index is 0.108. The van der Waals surface area contributed by atoms with E-state index in [4.69, 9.17) is 37.0 Å². The van der Waals surface area contributed by atoms with Crippen LogP contribution in [0.15, 0.2) is 0 Å². The number of esters is 4. The molecule has 0 amide bonds. The molecule has 0 aromatic heterocycles. The molecule has 0 aliphatic carbocycles. The smallest absolute Gasteiger partial charge is 0.462 e. The predicted octanol–water partition coefficient (Wildman–Crippen LogP) is 25.8. The minimum atomic E-state index is -4.96. The van der Waals surface area contributed by atoms with Crippen LogP contribution in [-0.4, -0.2) is 96.7 Å². The zero-order valence-electron chi connectivity index (χ0n) is 68.3. The summed E-state index contributed by atoms with van der Waals surface area (Å²) in [5, 5.41) is 10.7. The molecule has 0 fully saturated rings. The average Bonchev–Trinajstić information content (AvgIpc) is 0.925. The Kier molecular flexibility index (Phi) is 75.0. The van der Waals surface area contributed by atoms with Crippen molar-refractivity contribution in [2.45, 2.75) is 471 Å². The van der Waals surface area contributed by atoms with Crippen molar-refractivity contribution in [2.24, 2.45) is 11.8 Å². The van der Waals surface area contributed by atoms with Crippen LogP contribution in [0.4, 0.5) is 0 Å². The average molecular weight is 1520 g/mol. The maximum absolute atomic E-state index is 13.1. The fourth-order valence-corrected chi connectivity index (χ4v) is 14.8. The molecule has 0 aromatic rings. The number of phosphoric ester groups is 2. The second-order valence-corrected chi connectivity index (χ2v) is 34.0. The molecule has 0 heterocycles. The summed E-state index contributed by atoms with van der Waals surface area (Å²) in [5.41, 5.74) is 0. The molecule has 0 aliphatic heterocycles. The molecule has 17 nitrogen and oxygen atoms in total. The molecular weight excluding hydrogens is 1350 g/mol. The van der Waals surface area contributed by atoms with Gasteiger partial charge >= 0.3 is 39.5 Å². The summed E-state index contributed by atoms with van der Waals surface area (Å²) in [6.07, 6.45) is 68.0. The molecule has 7 atom stereocenters. The Morgan fingerprint density at radius 3 is 0.683 bits per heavy atom. The SMILES string of the molecule is CCCCCCCCCCCCCCCCCCCCCCC(=O)O[C@H](COC(=O)CCCCCCCCCCCCCCCCC(C)CC)COP(=O)(O)OC[C@@H](O)COP(=O)(O)OC[C@@H](COC(=O)CCCCCCCCCC)OC(=O)CCCCCCCCCCCCCCCCC(C)CC. The van der Waals surface area contributed by atoms with Crippen molar-refractivity contribution in [3.05, 3.63) is 0 Å². The number of rotatable bonds is 84. The maximum Gasteiger partial charge on any atom is 0.472 e. The standard InChI is InChI=1S/C85H166O17P2/c1-7-11-13-15-17-19-20-21-22-23-24-25-26-27-35-40-45-51-57-63-69-85(90)102-81(74-96-83(88)68-62-56-50-44-39-34-30-28-32-37-42-47-53-59-65-77(5)9-3)76-100-104(93,94)98-72-79(86)71-97-103(91,92)99-75-80(73-95-82(87)67-61-55-49-18-16-14-12-8-2)101-84(89)70-64-58-52-46-41-36-31-29-33-38-43-48-54-60-66-78(6)10-4/h77-81,86H,7-76H2,1-6H3,(H,91,92)(H,93,94)/t77?,78?,79-,80+,81+/m0/s1. The van der Waals surface area contributed by atoms with E-state index in [1.807, 2.05) is 0 Å². The monoisotopic (exact) mass is 1520 g/mol. The highest BCUT2D eigenvalue weighted by Crippen LogP contribution is 2.45. The second kappa shape index (κ2) is 76.4. The van der Waals surface area contributed by atoms with Crippen molar-refractivity contribution in [1.29, 1.82) is 0 Å². The van der Waals surface area contributed by atoms with E-state index in [0.29, 0.717) is 25.7 Å². The van der Waals surface area contributed by atoms with Crippen LogP contribution in [0.5, 0.6) is 0 Å². The fourth-order valence-electron chi connectivity index (χ4n) is 13.2. The quantitative estimate of drug-likeness (QED) is 0.0222. The third-order valence-corrected chi connectivity index (χ3v) is 22.6. The van der Waals surface area contributed by atoms with Crippen molar-refractivity contribution in [2.75, 3.05) is 39.6 Å². The molecule has 618 valence electrons. The molecule has 0 rings (SSSR count).